The number of carboxylic acid groups (broad SMARTS) is 1. The van der Waals surface area contributed by atoms with Crippen molar-refractivity contribution in [2.24, 2.45) is 5.92 Å². The second-order valence-corrected chi connectivity index (χ2v) is 7.47. The number of carbonyl (C=O) groups excluding carboxylic acids is 2. The summed E-state index contributed by atoms with van der Waals surface area (Å²) in [6.45, 7) is 7.76. The summed E-state index contributed by atoms with van der Waals surface area (Å²) in [5.74, 6) is -1.74. The predicted octanol–water partition coefficient (Wildman–Crippen LogP) is 1.66. The molecule has 2 aliphatic rings. The van der Waals surface area contributed by atoms with Crippen LogP contribution < -0.4 is 0 Å². The molecule has 0 bridgehead atoms. The Balaban J connectivity index is 1.79. The van der Waals surface area contributed by atoms with Gasteiger partial charge in [-0.2, -0.15) is 0 Å². The Bertz CT molecular complexity index is 759. The Labute approximate surface area is 153 Å². The van der Waals surface area contributed by atoms with Gasteiger partial charge >= 0.3 is 5.97 Å². The Kier molecular flexibility index (Phi) is 4.58. The first kappa shape index (κ1) is 18.5. The van der Waals surface area contributed by atoms with Gasteiger partial charge in [-0.1, -0.05) is 0 Å². The average molecular weight is 361 g/mol. The SMILES string of the molecule is CCn1c(C)cc(C(=O)N2CCC3(CC2)[C@@H](C(=O)O)CC(=O)N3C)c1C. The van der Waals surface area contributed by atoms with Gasteiger partial charge in [-0.05, 0) is 39.7 Å². The van der Waals surface area contributed by atoms with Gasteiger partial charge in [0.25, 0.3) is 5.91 Å². The quantitative estimate of drug-likeness (QED) is 0.888. The topological polar surface area (TPSA) is 82.9 Å². The van der Waals surface area contributed by atoms with E-state index >= 15 is 0 Å². The van der Waals surface area contributed by atoms with Gasteiger partial charge in [-0.15, -0.1) is 0 Å². The zero-order valence-corrected chi connectivity index (χ0v) is 15.9. The number of nitrogens with zero attached hydrogens (tertiary/aromatic N) is 3. The van der Waals surface area contributed by atoms with E-state index in [-0.39, 0.29) is 18.2 Å². The minimum absolute atomic E-state index is 0.00787. The van der Waals surface area contributed by atoms with E-state index in [0.717, 1.165) is 17.9 Å². The largest absolute Gasteiger partial charge is 0.481 e. The molecule has 26 heavy (non-hydrogen) atoms. The maximum absolute atomic E-state index is 13.0. The first-order valence-electron chi connectivity index (χ1n) is 9.18. The second kappa shape index (κ2) is 6.45. The van der Waals surface area contributed by atoms with E-state index in [9.17, 15) is 19.5 Å². The van der Waals surface area contributed by atoms with Crippen molar-refractivity contribution >= 4 is 17.8 Å². The molecule has 0 saturated carbocycles. The first-order valence-corrected chi connectivity index (χ1v) is 9.18. The third-order valence-electron chi connectivity index (χ3n) is 6.40. The summed E-state index contributed by atoms with van der Waals surface area (Å²) in [5, 5.41) is 9.55. The highest BCUT2D eigenvalue weighted by Gasteiger charge is 2.55. The van der Waals surface area contributed by atoms with Crippen LogP contribution in [0.5, 0.6) is 0 Å². The average Bonchev–Trinajstić information content (AvgIpc) is 3.03. The maximum Gasteiger partial charge on any atom is 0.309 e. The van der Waals surface area contributed by atoms with Gasteiger partial charge in [0.1, 0.15) is 0 Å². The molecule has 1 N–H and O–H groups in total. The Morgan fingerprint density at radius 2 is 1.88 bits per heavy atom. The molecule has 1 aromatic rings. The number of rotatable bonds is 3. The summed E-state index contributed by atoms with van der Waals surface area (Å²) >= 11 is 0. The van der Waals surface area contributed by atoms with Crippen molar-refractivity contribution in [3.63, 3.8) is 0 Å². The highest BCUT2D eigenvalue weighted by atomic mass is 16.4. The van der Waals surface area contributed by atoms with Crippen LogP contribution in [0.3, 0.4) is 0 Å². The summed E-state index contributed by atoms with van der Waals surface area (Å²) in [7, 11) is 1.69. The minimum atomic E-state index is -0.922. The highest BCUT2D eigenvalue weighted by Crippen LogP contribution is 2.43. The van der Waals surface area contributed by atoms with Crippen molar-refractivity contribution in [3.05, 3.63) is 23.0 Å². The van der Waals surface area contributed by atoms with Gasteiger partial charge in [-0.25, -0.2) is 0 Å². The first-order chi connectivity index (χ1) is 12.2. The standard InChI is InChI=1S/C19H27N3O4/c1-5-22-12(2)10-14(13(22)3)17(24)21-8-6-19(7-9-21)15(18(25)26)11-16(23)20(19)4/h10,15H,5-9,11H2,1-4H3,(H,25,26)/t15-/m1/s1. The van der Waals surface area contributed by atoms with Crippen LogP contribution in [0.1, 0.15) is 47.9 Å². The molecule has 2 fully saturated rings. The number of carboxylic acids is 1. The lowest BCUT2D eigenvalue weighted by Crippen LogP contribution is -2.57. The molecule has 2 aliphatic heterocycles. The Morgan fingerprint density at radius 3 is 2.38 bits per heavy atom. The van der Waals surface area contributed by atoms with E-state index < -0.39 is 17.4 Å². The van der Waals surface area contributed by atoms with Gasteiger partial charge < -0.3 is 19.5 Å². The molecule has 0 aromatic carbocycles. The molecule has 142 valence electrons. The lowest BCUT2D eigenvalue weighted by Gasteiger charge is -2.45. The summed E-state index contributed by atoms with van der Waals surface area (Å²) in [6, 6.07) is 1.93. The van der Waals surface area contributed by atoms with Gasteiger partial charge in [0.15, 0.2) is 0 Å². The van der Waals surface area contributed by atoms with Crippen LogP contribution in [-0.2, 0) is 16.1 Å². The Morgan fingerprint density at radius 1 is 1.27 bits per heavy atom. The van der Waals surface area contributed by atoms with E-state index in [1.54, 1.807) is 16.8 Å². The lowest BCUT2D eigenvalue weighted by atomic mass is 9.77. The number of piperidine rings is 1. The fourth-order valence-electron chi connectivity index (χ4n) is 4.76. The fraction of sp³-hybridized carbons (Fsp3) is 0.632. The third kappa shape index (κ3) is 2.61. The number of hydrogen-bond acceptors (Lipinski definition) is 3. The van der Waals surface area contributed by atoms with Gasteiger partial charge in [0.2, 0.25) is 5.91 Å². The summed E-state index contributed by atoms with van der Waals surface area (Å²) in [5.41, 5.74) is 2.08. The predicted molar refractivity (Wildman–Crippen MR) is 96.0 cm³/mol. The van der Waals surface area contributed by atoms with Gasteiger partial charge in [0, 0.05) is 44.5 Å². The van der Waals surface area contributed by atoms with E-state index in [1.165, 1.54) is 0 Å². The van der Waals surface area contributed by atoms with Crippen LogP contribution in [0.25, 0.3) is 0 Å². The monoisotopic (exact) mass is 361 g/mol. The number of amides is 2. The van der Waals surface area contributed by atoms with E-state index in [1.807, 2.05) is 19.9 Å². The van der Waals surface area contributed by atoms with Crippen LogP contribution in [-0.4, -0.2) is 62.9 Å². The molecule has 3 rings (SSSR count). The second-order valence-electron chi connectivity index (χ2n) is 7.47. The number of hydrogen-bond donors (Lipinski definition) is 1. The molecule has 0 unspecified atom stereocenters. The molecular weight excluding hydrogens is 334 g/mol. The van der Waals surface area contributed by atoms with Crippen molar-refractivity contribution in [2.45, 2.75) is 52.1 Å². The van der Waals surface area contributed by atoms with Gasteiger partial charge in [-0.3, -0.25) is 14.4 Å². The Hall–Kier alpha value is -2.31. The van der Waals surface area contributed by atoms with Crippen molar-refractivity contribution in [3.8, 4) is 0 Å². The van der Waals surface area contributed by atoms with Gasteiger partial charge in [0.05, 0.1) is 17.0 Å². The minimum Gasteiger partial charge on any atom is -0.481 e. The van der Waals surface area contributed by atoms with Crippen molar-refractivity contribution < 1.29 is 19.5 Å². The van der Waals surface area contributed by atoms with Crippen LogP contribution in [0.4, 0.5) is 0 Å². The molecule has 1 aromatic heterocycles. The molecule has 2 amide bonds. The maximum atomic E-state index is 13.0. The molecule has 0 aliphatic carbocycles. The molecule has 1 spiro atoms. The molecule has 7 heteroatoms. The smallest absolute Gasteiger partial charge is 0.309 e. The molecule has 1 atom stereocenters. The number of aryl methyl sites for hydroxylation is 1. The number of likely N-dealkylation sites (tertiary alicyclic amines) is 2. The summed E-state index contributed by atoms with van der Waals surface area (Å²) in [4.78, 5) is 40.1. The van der Waals surface area contributed by atoms with Crippen LogP contribution >= 0.6 is 0 Å². The third-order valence-corrected chi connectivity index (χ3v) is 6.40. The molecule has 0 radical (unpaired) electrons. The zero-order chi connectivity index (χ0) is 19.2. The number of carbonyl (C=O) groups is 3. The van der Waals surface area contributed by atoms with Crippen molar-refractivity contribution in [1.29, 1.82) is 0 Å². The highest BCUT2D eigenvalue weighted by molar-refractivity contribution is 5.96. The van der Waals surface area contributed by atoms with Crippen LogP contribution in [0.2, 0.25) is 0 Å². The van der Waals surface area contributed by atoms with Crippen LogP contribution in [0, 0.1) is 19.8 Å². The summed E-state index contributed by atoms with van der Waals surface area (Å²) < 4.78 is 2.11. The zero-order valence-electron chi connectivity index (χ0n) is 15.9. The molecule has 3 heterocycles. The lowest BCUT2D eigenvalue weighted by molar-refractivity contribution is -0.145. The molecular formula is C19H27N3O4. The van der Waals surface area contributed by atoms with E-state index in [4.69, 9.17) is 0 Å². The normalized spacial score (nSPS) is 22.3. The summed E-state index contributed by atoms with van der Waals surface area (Å²) in [6.07, 6.45) is 1.06. The molecule has 7 nitrogen and oxygen atoms in total. The number of aliphatic carboxylic acids is 1. The van der Waals surface area contributed by atoms with E-state index in [2.05, 4.69) is 11.5 Å². The number of aromatic nitrogens is 1. The van der Waals surface area contributed by atoms with Crippen molar-refractivity contribution in [2.75, 3.05) is 20.1 Å². The van der Waals surface area contributed by atoms with E-state index in [0.29, 0.717) is 31.5 Å². The fourth-order valence-corrected chi connectivity index (χ4v) is 4.76. The van der Waals surface area contributed by atoms with Crippen LogP contribution in [0.15, 0.2) is 6.07 Å². The van der Waals surface area contributed by atoms with Crippen molar-refractivity contribution in [1.82, 2.24) is 14.4 Å². The molecule has 2 saturated heterocycles.